The molecule has 2 amide bonds. The van der Waals surface area contributed by atoms with E-state index in [2.05, 4.69) is 4.98 Å². The van der Waals surface area contributed by atoms with E-state index in [9.17, 15) is 14.7 Å². The van der Waals surface area contributed by atoms with Crippen molar-refractivity contribution in [3.63, 3.8) is 0 Å². The normalized spacial score (nSPS) is 19.9. The van der Waals surface area contributed by atoms with Crippen molar-refractivity contribution < 1.29 is 19.4 Å². The van der Waals surface area contributed by atoms with Crippen LogP contribution < -0.4 is 4.74 Å². The highest BCUT2D eigenvalue weighted by atomic mass is 35.5. The summed E-state index contributed by atoms with van der Waals surface area (Å²) >= 11 is 12.2. The molecule has 0 bridgehead atoms. The minimum atomic E-state index is -0.401. The van der Waals surface area contributed by atoms with E-state index in [1.807, 2.05) is 19.9 Å². The SMILES string of the molecule is COc1ccc(C(C)N2C[C@@H](CO)n3nc4c(c3C2=O)CN(C(=O)c2ccc(Cl)c(Cl)c2)[C@H](C)C4)cn1. The van der Waals surface area contributed by atoms with Gasteiger partial charge in [0.05, 0.1) is 48.1 Å². The Morgan fingerprint density at radius 3 is 2.68 bits per heavy atom. The van der Waals surface area contributed by atoms with Crippen molar-refractivity contribution in [2.45, 2.75) is 44.9 Å². The van der Waals surface area contributed by atoms with E-state index in [0.717, 1.165) is 11.3 Å². The number of rotatable bonds is 5. The number of aliphatic hydroxyl groups excluding tert-OH is 1. The van der Waals surface area contributed by atoms with E-state index in [-0.39, 0.29) is 37.0 Å². The third-order valence-electron chi connectivity index (χ3n) is 7.21. The summed E-state index contributed by atoms with van der Waals surface area (Å²) < 4.78 is 6.79. The molecule has 0 aliphatic carbocycles. The molecule has 1 N–H and O–H groups in total. The van der Waals surface area contributed by atoms with Gasteiger partial charge in [0.1, 0.15) is 5.69 Å². The van der Waals surface area contributed by atoms with Crippen molar-refractivity contribution in [3.8, 4) is 5.88 Å². The Bertz CT molecular complexity index is 1360. The molecule has 2 aliphatic heterocycles. The minimum Gasteiger partial charge on any atom is -0.481 e. The van der Waals surface area contributed by atoms with Gasteiger partial charge in [-0.1, -0.05) is 29.3 Å². The fourth-order valence-corrected chi connectivity index (χ4v) is 5.35. The zero-order valence-electron chi connectivity index (χ0n) is 20.7. The first-order valence-corrected chi connectivity index (χ1v) is 12.8. The van der Waals surface area contributed by atoms with Crippen molar-refractivity contribution in [2.24, 2.45) is 0 Å². The van der Waals surface area contributed by atoms with E-state index in [1.54, 1.807) is 52.1 Å². The second-order valence-electron chi connectivity index (χ2n) is 9.44. The number of pyridine rings is 1. The first kappa shape index (κ1) is 25.5. The molecule has 1 unspecified atom stereocenters. The molecular weight excluding hydrogens is 517 g/mol. The number of nitrogens with zero attached hydrogens (tertiary/aromatic N) is 5. The molecule has 194 valence electrons. The predicted octanol–water partition coefficient (Wildman–Crippen LogP) is 3.93. The number of methoxy groups -OCH3 is 1. The van der Waals surface area contributed by atoms with Crippen LogP contribution in [-0.4, -0.2) is 67.8 Å². The second kappa shape index (κ2) is 9.96. The highest BCUT2D eigenvalue weighted by molar-refractivity contribution is 6.42. The van der Waals surface area contributed by atoms with Crippen molar-refractivity contribution in [3.05, 3.63) is 74.7 Å². The lowest BCUT2D eigenvalue weighted by atomic mass is 9.96. The molecule has 1 aromatic carbocycles. The van der Waals surface area contributed by atoms with Gasteiger partial charge in [-0.3, -0.25) is 14.3 Å². The Hall–Kier alpha value is -3.14. The van der Waals surface area contributed by atoms with Gasteiger partial charge in [-0.2, -0.15) is 5.10 Å². The number of benzene rings is 1. The molecule has 0 saturated carbocycles. The van der Waals surface area contributed by atoms with Crippen LogP contribution in [-0.2, 0) is 13.0 Å². The standard InChI is InChI=1S/C26H27Cl2N5O4/c1-14-8-22-19(12-31(14)25(35)16-4-6-20(27)21(28)9-16)24-26(36)32(11-18(13-34)33(24)30-22)15(2)17-5-7-23(37-3)29-10-17/h4-7,9-10,14-15,18,34H,8,11-13H2,1-3H3/t14-,15?,18+/m1/s1. The summed E-state index contributed by atoms with van der Waals surface area (Å²) in [5, 5.41) is 15.6. The number of halogens is 2. The molecule has 4 heterocycles. The number of amides is 2. The van der Waals surface area contributed by atoms with E-state index in [0.29, 0.717) is 45.7 Å². The third-order valence-corrected chi connectivity index (χ3v) is 7.95. The Kier molecular flexibility index (Phi) is 6.87. The summed E-state index contributed by atoms with van der Waals surface area (Å²) in [6, 6.07) is 7.59. The van der Waals surface area contributed by atoms with Gasteiger partial charge in [-0.25, -0.2) is 4.98 Å². The van der Waals surface area contributed by atoms with E-state index in [1.165, 1.54) is 0 Å². The number of carbonyl (C=O) groups is 2. The Balaban J connectivity index is 1.48. The number of aromatic nitrogens is 3. The van der Waals surface area contributed by atoms with Crippen LogP contribution >= 0.6 is 23.2 Å². The number of ether oxygens (including phenoxy) is 1. The largest absolute Gasteiger partial charge is 0.481 e. The van der Waals surface area contributed by atoms with Gasteiger partial charge in [0.2, 0.25) is 5.88 Å². The van der Waals surface area contributed by atoms with Crippen LogP contribution in [0.5, 0.6) is 5.88 Å². The third kappa shape index (κ3) is 4.45. The van der Waals surface area contributed by atoms with Crippen molar-refractivity contribution in [1.82, 2.24) is 24.6 Å². The molecule has 3 aromatic rings. The molecule has 11 heteroatoms. The number of hydrogen-bond donors (Lipinski definition) is 1. The summed E-state index contributed by atoms with van der Waals surface area (Å²) in [7, 11) is 1.55. The highest BCUT2D eigenvalue weighted by Crippen LogP contribution is 2.35. The topological polar surface area (TPSA) is 101 Å². The average Bonchev–Trinajstić information content (AvgIpc) is 3.28. The fourth-order valence-electron chi connectivity index (χ4n) is 5.05. The first-order valence-electron chi connectivity index (χ1n) is 12.0. The molecule has 2 aromatic heterocycles. The highest BCUT2D eigenvalue weighted by Gasteiger charge is 2.41. The van der Waals surface area contributed by atoms with E-state index in [4.69, 9.17) is 33.0 Å². The molecule has 3 atom stereocenters. The fraction of sp³-hybridized carbons (Fsp3) is 0.385. The molecular formula is C26H27Cl2N5O4. The average molecular weight is 544 g/mol. The summed E-state index contributed by atoms with van der Waals surface area (Å²) in [5.74, 6) is 0.0913. The molecule has 0 spiro atoms. The van der Waals surface area contributed by atoms with Crippen LogP contribution in [0.4, 0.5) is 0 Å². The maximum absolute atomic E-state index is 13.9. The van der Waals surface area contributed by atoms with Gasteiger partial charge < -0.3 is 19.6 Å². The zero-order chi connectivity index (χ0) is 26.4. The van der Waals surface area contributed by atoms with E-state index >= 15 is 0 Å². The number of carbonyl (C=O) groups excluding carboxylic acids is 2. The Morgan fingerprint density at radius 2 is 2.03 bits per heavy atom. The summed E-state index contributed by atoms with van der Waals surface area (Å²) in [6.07, 6.45) is 2.18. The summed E-state index contributed by atoms with van der Waals surface area (Å²) in [4.78, 5) is 35.0. The van der Waals surface area contributed by atoms with Crippen molar-refractivity contribution in [1.29, 1.82) is 0 Å². The Morgan fingerprint density at radius 1 is 1.24 bits per heavy atom. The van der Waals surface area contributed by atoms with Crippen LogP contribution in [0.2, 0.25) is 10.0 Å². The Labute approximate surface area is 224 Å². The molecule has 2 aliphatic rings. The lowest BCUT2D eigenvalue weighted by Gasteiger charge is -2.38. The van der Waals surface area contributed by atoms with Crippen LogP contribution in [0.1, 0.15) is 63.6 Å². The first-order chi connectivity index (χ1) is 17.7. The van der Waals surface area contributed by atoms with Crippen LogP contribution in [0.3, 0.4) is 0 Å². The smallest absolute Gasteiger partial charge is 0.273 e. The van der Waals surface area contributed by atoms with Crippen LogP contribution in [0.25, 0.3) is 0 Å². The number of fused-ring (bicyclic) bond motifs is 3. The van der Waals surface area contributed by atoms with Gasteiger partial charge in [-0.05, 0) is 37.6 Å². The predicted molar refractivity (Wildman–Crippen MR) is 138 cm³/mol. The van der Waals surface area contributed by atoms with Gasteiger partial charge in [0, 0.05) is 42.4 Å². The monoisotopic (exact) mass is 543 g/mol. The molecule has 0 radical (unpaired) electrons. The van der Waals surface area contributed by atoms with Gasteiger partial charge >= 0.3 is 0 Å². The maximum Gasteiger partial charge on any atom is 0.273 e. The molecule has 0 saturated heterocycles. The van der Waals surface area contributed by atoms with Crippen LogP contribution in [0.15, 0.2) is 36.5 Å². The maximum atomic E-state index is 13.9. The quantitative estimate of drug-likeness (QED) is 0.523. The second-order valence-corrected chi connectivity index (χ2v) is 10.3. The summed E-state index contributed by atoms with van der Waals surface area (Å²) in [6.45, 7) is 4.23. The van der Waals surface area contributed by atoms with Crippen molar-refractivity contribution >= 4 is 35.0 Å². The van der Waals surface area contributed by atoms with E-state index < -0.39 is 6.04 Å². The molecule has 9 nitrogen and oxygen atoms in total. The van der Waals surface area contributed by atoms with Crippen LogP contribution in [0, 0.1) is 0 Å². The van der Waals surface area contributed by atoms with Gasteiger partial charge in [0.15, 0.2) is 0 Å². The number of hydrogen-bond acceptors (Lipinski definition) is 6. The van der Waals surface area contributed by atoms with Crippen molar-refractivity contribution in [2.75, 3.05) is 20.3 Å². The minimum absolute atomic E-state index is 0.144. The molecule has 0 fully saturated rings. The van der Waals surface area contributed by atoms with Gasteiger partial charge in [0.25, 0.3) is 11.8 Å². The lowest BCUT2D eigenvalue weighted by molar-refractivity contribution is 0.0513. The number of aliphatic hydroxyl groups is 1. The van der Waals surface area contributed by atoms with Gasteiger partial charge in [-0.15, -0.1) is 0 Å². The molecule has 5 rings (SSSR count). The zero-order valence-corrected chi connectivity index (χ0v) is 22.2. The lowest BCUT2D eigenvalue weighted by Crippen LogP contribution is -2.46. The summed E-state index contributed by atoms with van der Waals surface area (Å²) in [5.41, 5.74) is 3.16. The molecule has 37 heavy (non-hydrogen) atoms.